The Morgan fingerprint density at radius 2 is 1.90 bits per heavy atom. The van der Waals surface area contributed by atoms with Crippen molar-refractivity contribution in [1.82, 2.24) is 9.91 Å². The number of hydrogen-bond donors (Lipinski definition) is 0. The molecule has 0 saturated heterocycles. The molecule has 2 aromatic carbocycles. The van der Waals surface area contributed by atoms with Gasteiger partial charge in [0.15, 0.2) is 0 Å². The highest BCUT2D eigenvalue weighted by Gasteiger charge is 2.33. The van der Waals surface area contributed by atoms with Gasteiger partial charge in [0.1, 0.15) is 11.5 Å². The van der Waals surface area contributed by atoms with Gasteiger partial charge in [-0.3, -0.25) is 9.69 Å². The lowest BCUT2D eigenvalue weighted by atomic mass is 9.98. The Morgan fingerprint density at radius 3 is 2.57 bits per heavy atom. The number of benzene rings is 2. The van der Waals surface area contributed by atoms with Gasteiger partial charge < -0.3 is 9.15 Å². The summed E-state index contributed by atoms with van der Waals surface area (Å²) in [5.74, 6) is 1.57. The molecule has 0 aliphatic carbocycles. The molecule has 0 bridgehead atoms. The third kappa shape index (κ3) is 4.44. The average molecular weight is 403 g/mol. The van der Waals surface area contributed by atoms with Gasteiger partial charge in [0.2, 0.25) is 0 Å². The second-order valence-electron chi connectivity index (χ2n) is 7.40. The van der Waals surface area contributed by atoms with Crippen LogP contribution in [0.3, 0.4) is 0 Å². The van der Waals surface area contributed by atoms with Crippen LogP contribution < -0.4 is 4.74 Å². The van der Waals surface area contributed by atoms with Crippen LogP contribution >= 0.6 is 0 Å². The van der Waals surface area contributed by atoms with E-state index in [0.29, 0.717) is 13.0 Å². The Balaban J connectivity index is 1.56. The standard InChI is InChI=1S/C24H25N3O3/c1-26(16-21-9-6-14-30-21)17-24(28)27-23(19-10-12-20(29-2)13-11-19)15-22(25-27)18-7-4-3-5-8-18/h3-14,23H,15-17H2,1-2H3/t23-/m1/s1. The molecular weight excluding hydrogens is 378 g/mol. The van der Waals surface area contributed by atoms with Crippen molar-refractivity contribution >= 4 is 11.6 Å². The van der Waals surface area contributed by atoms with E-state index in [2.05, 4.69) is 0 Å². The number of furan rings is 1. The highest BCUT2D eigenvalue weighted by Crippen LogP contribution is 2.33. The third-order valence-electron chi connectivity index (χ3n) is 5.18. The lowest BCUT2D eigenvalue weighted by Crippen LogP contribution is -2.36. The van der Waals surface area contributed by atoms with Crippen LogP contribution in [0.4, 0.5) is 0 Å². The monoisotopic (exact) mass is 403 g/mol. The number of methoxy groups -OCH3 is 1. The van der Waals surface area contributed by atoms with Crippen LogP contribution in [-0.2, 0) is 11.3 Å². The zero-order chi connectivity index (χ0) is 20.9. The molecule has 0 saturated carbocycles. The number of carbonyl (C=O) groups excluding carboxylic acids is 1. The molecule has 3 aromatic rings. The molecule has 30 heavy (non-hydrogen) atoms. The normalized spacial score (nSPS) is 16.0. The number of ether oxygens (including phenoxy) is 1. The first kappa shape index (κ1) is 19.9. The largest absolute Gasteiger partial charge is 0.497 e. The van der Waals surface area contributed by atoms with E-state index < -0.39 is 0 Å². The maximum atomic E-state index is 13.2. The van der Waals surface area contributed by atoms with E-state index >= 15 is 0 Å². The van der Waals surface area contributed by atoms with Crippen LogP contribution in [0.15, 0.2) is 82.5 Å². The molecule has 154 valence electrons. The van der Waals surface area contributed by atoms with Gasteiger partial charge in [-0.1, -0.05) is 42.5 Å². The summed E-state index contributed by atoms with van der Waals surface area (Å²) in [4.78, 5) is 15.1. The minimum absolute atomic E-state index is 0.0456. The van der Waals surface area contributed by atoms with Crippen molar-refractivity contribution in [2.45, 2.75) is 19.0 Å². The Labute approximate surface area is 176 Å². The number of likely N-dealkylation sites (N-methyl/N-ethyl adjacent to an activating group) is 1. The molecular formula is C24H25N3O3. The first-order chi connectivity index (χ1) is 14.6. The van der Waals surface area contributed by atoms with E-state index in [1.54, 1.807) is 18.4 Å². The second kappa shape index (κ2) is 8.97. The van der Waals surface area contributed by atoms with Crippen LogP contribution in [0.2, 0.25) is 0 Å². The van der Waals surface area contributed by atoms with Crippen LogP contribution in [0.25, 0.3) is 0 Å². The van der Waals surface area contributed by atoms with Crippen molar-refractivity contribution < 1.29 is 13.9 Å². The third-order valence-corrected chi connectivity index (χ3v) is 5.18. The zero-order valence-corrected chi connectivity index (χ0v) is 17.2. The predicted octanol–water partition coefficient (Wildman–Crippen LogP) is 4.10. The van der Waals surface area contributed by atoms with Gasteiger partial charge in [-0.05, 0) is 42.4 Å². The Kier molecular flexibility index (Phi) is 5.95. The summed E-state index contributed by atoms with van der Waals surface area (Å²) in [7, 11) is 3.55. The molecule has 0 spiro atoms. The van der Waals surface area contributed by atoms with Crippen molar-refractivity contribution in [3.8, 4) is 5.75 Å². The van der Waals surface area contributed by atoms with E-state index in [1.807, 2.05) is 78.7 Å². The first-order valence-electron chi connectivity index (χ1n) is 9.94. The minimum atomic E-state index is -0.143. The number of hydrogen-bond acceptors (Lipinski definition) is 5. The molecule has 0 unspecified atom stereocenters. The molecule has 6 heteroatoms. The molecule has 1 aliphatic rings. The Morgan fingerprint density at radius 1 is 1.13 bits per heavy atom. The van der Waals surface area contributed by atoms with Gasteiger partial charge in [-0.15, -0.1) is 0 Å². The summed E-state index contributed by atoms with van der Waals surface area (Å²) in [6.07, 6.45) is 2.31. The topological polar surface area (TPSA) is 58.3 Å². The lowest BCUT2D eigenvalue weighted by molar-refractivity contribution is -0.134. The quantitative estimate of drug-likeness (QED) is 0.596. The molecule has 0 fully saturated rings. The van der Waals surface area contributed by atoms with Gasteiger partial charge in [-0.25, -0.2) is 5.01 Å². The fraction of sp³-hybridized carbons (Fsp3) is 0.250. The zero-order valence-electron chi connectivity index (χ0n) is 17.2. The first-order valence-corrected chi connectivity index (χ1v) is 9.94. The maximum Gasteiger partial charge on any atom is 0.257 e. The van der Waals surface area contributed by atoms with Gasteiger partial charge in [-0.2, -0.15) is 5.10 Å². The summed E-state index contributed by atoms with van der Waals surface area (Å²) in [5.41, 5.74) is 2.99. The maximum absolute atomic E-state index is 13.2. The fourth-order valence-electron chi connectivity index (χ4n) is 3.66. The molecule has 0 radical (unpaired) electrons. The smallest absolute Gasteiger partial charge is 0.257 e. The van der Waals surface area contributed by atoms with E-state index in [4.69, 9.17) is 14.3 Å². The molecule has 1 aromatic heterocycles. The SMILES string of the molecule is COc1ccc([C@H]2CC(c3ccccc3)=NN2C(=O)CN(C)Cc2ccco2)cc1. The highest BCUT2D eigenvalue weighted by atomic mass is 16.5. The van der Waals surface area contributed by atoms with Crippen molar-refractivity contribution in [3.05, 3.63) is 89.9 Å². The van der Waals surface area contributed by atoms with Gasteiger partial charge in [0, 0.05) is 6.42 Å². The fourth-order valence-corrected chi connectivity index (χ4v) is 3.66. The van der Waals surface area contributed by atoms with Crippen LogP contribution in [0, 0.1) is 0 Å². The summed E-state index contributed by atoms with van der Waals surface area (Å²) < 4.78 is 10.7. The molecule has 6 nitrogen and oxygen atoms in total. The van der Waals surface area contributed by atoms with E-state index in [1.165, 1.54) is 0 Å². The van der Waals surface area contributed by atoms with Gasteiger partial charge in [0.25, 0.3) is 5.91 Å². The minimum Gasteiger partial charge on any atom is -0.497 e. The molecule has 2 heterocycles. The lowest BCUT2D eigenvalue weighted by Gasteiger charge is -2.24. The molecule has 1 amide bonds. The highest BCUT2D eigenvalue weighted by molar-refractivity contribution is 6.03. The summed E-state index contributed by atoms with van der Waals surface area (Å²) in [6, 6.07) is 21.5. The summed E-state index contributed by atoms with van der Waals surface area (Å²) in [5, 5.41) is 6.36. The van der Waals surface area contributed by atoms with Crippen molar-refractivity contribution in [1.29, 1.82) is 0 Å². The number of amides is 1. The number of rotatable bonds is 7. The molecule has 1 atom stereocenters. The van der Waals surface area contributed by atoms with Crippen molar-refractivity contribution in [3.63, 3.8) is 0 Å². The number of hydrazone groups is 1. The van der Waals surface area contributed by atoms with Crippen LogP contribution in [-0.4, -0.2) is 42.2 Å². The molecule has 4 rings (SSSR count). The Hall–Kier alpha value is -3.38. The summed E-state index contributed by atoms with van der Waals surface area (Å²) >= 11 is 0. The van der Waals surface area contributed by atoms with E-state index in [0.717, 1.165) is 28.3 Å². The average Bonchev–Trinajstić information content (AvgIpc) is 3.44. The van der Waals surface area contributed by atoms with Crippen LogP contribution in [0.1, 0.15) is 29.3 Å². The van der Waals surface area contributed by atoms with E-state index in [-0.39, 0.29) is 18.5 Å². The van der Waals surface area contributed by atoms with Gasteiger partial charge in [0.05, 0.1) is 38.2 Å². The number of carbonyl (C=O) groups is 1. The second-order valence-corrected chi connectivity index (χ2v) is 7.40. The van der Waals surface area contributed by atoms with Crippen molar-refractivity contribution in [2.75, 3.05) is 20.7 Å². The number of nitrogens with zero attached hydrogens (tertiary/aromatic N) is 3. The Bertz CT molecular complexity index is 998. The predicted molar refractivity (Wildman–Crippen MR) is 115 cm³/mol. The molecule has 1 aliphatic heterocycles. The van der Waals surface area contributed by atoms with Crippen LogP contribution in [0.5, 0.6) is 5.75 Å². The van der Waals surface area contributed by atoms with Crippen molar-refractivity contribution in [2.24, 2.45) is 5.10 Å². The van der Waals surface area contributed by atoms with Gasteiger partial charge >= 0.3 is 0 Å². The summed E-state index contributed by atoms with van der Waals surface area (Å²) in [6.45, 7) is 0.813. The molecule has 0 N–H and O–H groups in total. The van der Waals surface area contributed by atoms with E-state index in [9.17, 15) is 4.79 Å².